The Morgan fingerprint density at radius 3 is 2.80 bits per heavy atom. The molecule has 1 heterocycles. The van der Waals surface area contributed by atoms with Gasteiger partial charge in [-0.3, -0.25) is 4.84 Å². The summed E-state index contributed by atoms with van der Waals surface area (Å²) in [5, 5.41) is 9.85. The van der Waals surface area contributed by atoms with Gasteiger partial charge in [-0.15, -0.1) is 11.3 Å². The topological polar surface area (TPSA) is 92.7 Å². The van der Waals surface area contributed by atoms with Gasteiger partial charge in [0.05, 0.1) is 12.2 Å². The van der Waals surface area contributed by atoms with Crippen molar-refractivity contribution in [3.8, 4) is 0 Å². The smallest absolute Gasteiger partial charge is 0.336 e. The Hall–Kier alpha value is -0.960. The average Bonchev–Trinajstić information content (AvgIpc) is 2.64. The highest BCUT2D eigenvalue weighted by Crippen LogP contribution is 2.19. The number of carboxylic acids is 1. The van der Waals surface area contributed by atoms with E-state index in [4.69, 9.17) is 5.11 Å². The number of rotatable bonds is 5. The predicted octanol–water partition coefficient (Wildman–Crippen LogP) is 0.676. The van der Waals surface area contributed by atoms with Gasteiger partial charge >= 0.3 is 5.97 Å². The lowest BCUT2D eigenvalue weighted by Crippen LogP contribution is -2.23. The first kappa shape index (κ1) is 12.1. The number of carboxylic acid groups (broad SMARTS) is 1. The van der Waals surface area contributed by atoms with Crippen LogP contribution < -0.4 is 4.89 Å². The second-order valence-electron chi connectivity index (χ2n) is 2.48. The number of sulfonamides is 1. The molecule has 0 spiro atoms. The molecule has 1 rings (SSSR count). The zero-order valence-electron chi connectivity index (χ0n) is 7.76. The van der Waals surface area contributed by atoms with Gasteiger partial charge in [-0.1, -0.05) is 4.89 Å². The maximum Gasteiger partial charge on any atom is 0.336 e. The van der Waals surface area contributed by atoms with Crippen molar-refractivity contribution in [1.82, 2.24) is 4.89 Å². The van der Waals surface area contributed by atoms with Gasteiger partial charge < -0.3 is 5.11 Å². The monoisotopic (exact) mass is 251 g/mol. The molecule has 6 nitrogen and oxygen atoms in total. The van der Waals surface area contributed by atoms with E-state index in [9.17, 15) is 13.2 Å². The van der Waals surface area contributed by atoms with E-state index in [-0.39, 0.29) is 16.4 Å². The van der Waals surface area contributed by atoms with Gasteiger partial charge in [0.1, 0.15) is 4.21 Å². The van der Waals surface area contributed by atoms with Crippen LogP contribution in [0.2, 0.25) is 0 Å². The molecular weight excluding hydrogens is 242 g/mol. The van der Waals surface area contributed by atoms with E-state index >= 15 is 0 Å². The van der Waals surface area contributed by atoms with E-state index in [1.165, 1.54) is 5.38 Å². The normalized spacial score (nSPS) is 11.5. The highest BCUT2D eigenvalue weighted by atomic mass is 32.2. The molecule has 0 saturated heterocycles. The molecule has 0 fully saturated rings. The summed E-state index contributed by atoms with van der Waals surface area (Å²) in [6.07, 6.45) is 0. The second kappa shape index (κ2) is 4.71. The lowest BCUT2D eigenvalue weighted by Gasteiger charge is -2.01. The van der Waals surface area contributed by atoms with Crippen LogP contribution in [-0.4, -0.2) is 26.1 Å². The molecule has 2 N–H and O–H groups in total. The van der Waals surface area contributed by atoms with Crippen LogP contribution in [0, 0.1) is 0 Å². The van der Waals surface area contributed by atoms with Crippen LogP contribution >= 0.6 is 11.3 Å². The molecule has 0 radical (unpaired) electrons. The van der Waals surface area contributed by atoms with Crippen LogP contribution in [0.5, 0.6) is 0 Å². The van der Waals surface area contributed by atoms with Crippen molar-refractivity contribution in [3.63, 3.8) is 0 Å². The molecule has 0 saturated carbocycles. The molecule has 0 unspecified atom stereocenters. The molecule has 1 aromatic heterocycles. The summed E-state index contributed by atoms with van der Waals surface area (Å²) in [5.41, 5.74) is -0.0585. The molecule has 0 aliphatic heterocycles. The Bertz CT molecular complexity index is 450. The van der Waals surface area contributed by atoms with Crippen molar-refractivity contribution < 1.29 is 23.2 Å². The Labute approximate surface area is 90.5 Å². The number of carbonyl (C=O) groups is 1. The Kier molecular flexibility index (Phi) is 3.80. The van der Waals surface area contributed by atoms with Crippen molar-refractivity contribution in [1.29, 1.82) is 0 Å². The van der Waals surface area contributed by atoms with Gasteiger partial charge in [0, 0.05) is 5.38 Å². The van der Waals surface area contributed by atoms with Gasteiger partial charge in [0.25, 0.3) is 10.0 Å². The predicted molar refractivity (Wildman–Crippen MR) is 53.2 cm³/mol. The van der Waals surface area contributed by atoms with E-state index in [0.29, 0.717) is 0 Å². The highest BCUT2D eigenvalue weighted by Gasteiger charge is 2.18. The summed E-state index contributed by atoms with van der Waals surface area (Å²) in [6.45, 7) is 1.82. The van der Waals surface area contributed by atoms with E-state index in [1.807, 2.05) is 4.89 Å². The summed E-state index contributed by atoms with van der Waals surface area (Å²) in [6, 6.07) is 1.08. The number of nitrogens with one attached hydrogen (secondary N) is 1. The third-order valence-electron chi connectivity index (χ3n) is 1.40. The maximum absolute atomic E-state index is 11.4. The summed E-state index contributed by atoms with van der Waals surface area (Å²) in [4.78, 5) is 16.9. The standard InChI is InChI=1S/C7H9NO5S2/c1-2-13-8-15(11,12)6-3-5(4-14-6)7(9)10/h3-4,8H,2H2,1H3,(H,9,10). The molecule has 0 bridgehead atoms. The number of aromatic carboxylic acids is 1. The number of hydrogen-bond donors (Lipinski definition) is 2. The van der Waals surface area contributed by atoms with Crippen LogP contribution in [0.25, 0.3) is 0 Å². The maximum atomic E-state index is 11.4. The van der Waals surface area contributed by atoms with Gasteiger partial charge in [-0.25, -0.2) is 13.2 Å². The minimum atomic E-state index is -3.75. The van der Waals surface area contributed by atoms with E-state index in [2.05, 4.69) is 4.84 Å². The first-order valence-corrected chi connectivity index (χ1v) is 6.29. The Morgan fingerprint density at radius 2 is 2.33 bits per heavy atom. The molecule has 1 aromatic rings. The average molecular weight is 251 g/mol. The zero-order chi connectivity index (χ0) is 11.5. The van der Waals surface area contributed by atoms with Gasteiger partial charge in [-0.2, -0.15) is 0 Å². The summed E-state index contributed by atoms with van der Waals surface area (Å²) in [7, 11) is -3.75. The lowest BCUT2D eigenvalue weighted by molar-refractivity contribution is 0.0697. The van der Waals surface area contributed by atoms with Crippen molar-refractivity contribution in [2.75, 3.05) is 6.61 Å². The first-order valence-electron chi connectivity index (χ1n) is 3.93. The van der Waals surface area contributed by atoms with Crippen molar-refractivity contribution in [2.24, 2.45) is 0 Å². The second-order valence-corrected chi connectivity index (χ2v) is 5.26. The van der Waals surface area contributed by atoms with Gasteiger partial charge in [0.2, 0.25) is 0 Å². The fourth-order valence-electron chi connectivity index (χ4n) is 0.747. The van der Waals surface area contributed by atoms with Crippen molar-refractivity contribution in [3.05, 3.63) is 17.0 Å². The molecule has 0 amide bonds. The Morgan fingerprint density at radius 1 is 1.67 bits per heavy atom. The van der Waals surface area contributed by atoms with Gasteiger partial charge in [-0.05, 0) is 13.0 Å². The molecule has 0 aliphatic rings. The molecule has 0 aromatic carbocycles. The van der Waals surface area contributed by atoms with Crippen LogP contribution in [0.3, 0.4) is 0 Å². The molecular formula is C7H9NO5S2. The minimum absolute atomic E-state index is 0.0585. The zero-order valence-corrected chi connectivity index (χ0v) is 9.39. The quantitative estimate of drug-likeness (QED) is 0.750. The van der Waals surface area contributed by atoms with E-state index < -0.39 is 16.0 Å². The van der Waals surface area contributed by atoms with Crippen LogP contribution in [-0.2, 0) is 14.9 Å². The van der Waals surface area contributed by atoms with Crippen LogP contribution in [0.15, 0.2) is 15.7 Å². The summed E-state index contributed by atoms with van der Waals surface area (Å²) < 4.78 is 22.7. The SMILES string of the molecule is CCONS(=O)(=O)c1cc(C(=O)O)cs1. The third kappa shape index (κ3) is 2.99. The molecule has 8 heteroatoms. The van der Waals surface area contributed by atoms with E-state index in [0.717, 1.165) is 17.4 Å². The molecule has 0 aliphatic carbocycles. The lowest BCUT2D eigenvalue weighted by atomic mass is 10.4. The third-order valence-corrected chi connectivity index (χ3v) is 4.05. The van der Waals surface area contributed by atoms with Crippen molar-refractivity contribution in [2.45, 2.75) is 11.1 Å². The highest BCUT2D eigenvalue weighted by molar-refractivity contribution is 7.91. The molecule has 84 valence electrons. The molecule has 15 heavy (non-hydrogen) atoms. The summed E-state index contributed by atoms with van der Waals surface area (Å²) in [5.74, 6) is -1.16. The van der Waals surface area contributed by atoms with Gasteiger partial charge in [0.15, 0.2) is 0 Å². The largest absolute Gasteiger partial charge is 0.478 e. The number of hydrogen-bond acceptors (Lipinski definition) is 5. The van der Waals surface area contributed by atoms with Crippen LogP contribution in [0.4, 0.5) is 0 Å². The fourth-order valence-corrected chi connectivity index (χ4v) is 2.74. The van der Waals surface area contributed by atoms with E-state index in [1.54, 1.807) is 6.92 Å². The fraction of sp³-hybridized carbons (Fsp3) is 0.286. The Balaban J connectivity index is 2.91. The van der Waals surface area contributed by atoms with Crippen molar-refractivity contribution >= 4 is 27.3 Å². The summed E-state index contributed by atoms with van der Waals surface area (Å²) >= 11 is 0.824. The van der Waals surface area contributed by atoms with Crippen LogP contribution in [0.1, 0.15) is 17.3 Å². The molecule has 0 atom stereocenters. The number of thiophene rings is 1. The minimum Gasteiger partial charge on any atom is -0.478 e. The first-order chi connectivity index (χ1) is 6.97.